The number of rotatable bonds is 12. The van der Waals surface area contributed by atoms with E-state index in [0.717, 1.165) is 0 Å². The third-order valence-electron chi connectivity index (χ3n) is 6.91. The lowest BCUT2D eigenvalue weighted by Gasteiger charge is -2.41. The van der Waals surface area contributed by atoms with Crippen molar-refractivity contribution in [3.05, 3.63) is 108 Å². The second kappa shape index (κ2) is 14.1. The minimum Gasteiger partial charge on any atom is -0.484 e. The SMILES string of the molecule is CC(C)[C@H]1C(=O)N(CC(=O)N[C@@H](Cc2ccccc2)C(=O)C(=O)O)C(c2ccccc2)=CN1C(=O)COc1ccccc1. The number of nitrogens with zero attached hydrogens (tertiary/aromatic N) is 2. The molecule has 10 nitrogen and oxygen atoms in total. The van der Waals surface area contributed by atoms with E-state index in [4.69, 9.17) is 4.74 Å². The molecule has 2 atom stereocenters. The van der Waals surface area contributed by atoms with Gasteiger partial charge in [0.25, 0.3) is 17.6 Å². The number of ether oxygens (including phenoxy) is 1. The maximum absolute atomic E-state index is 14.0. The van der Waals surface area contributed by atoms with Gasteiger partial charge in [0.2, 0.25) is 5.91 Å². The van der Waals surface area contributed by atoms with E-state index in [1.807, 2.05) is 6.07 Å². The zero-order chi connectivity index (χ0) is 30.9. The van der Waals surface area contributed by atoms with Gasteiger partial charge in [-0.15, -0.1) is 0 Å². The van der Waals surface area contributed by atoms with Gasteiger partial charge in [0, 0.05) is 12.6 Å². The zero-order valence-corrected chi connectivity index (χ0v) is 23.9. The Balaban J connectivity index is 1.62. The van der Waals surface area contributed by atoms with E-state index in [1.54, 1.807) is 98.8 Å². The molecule has 0 aliphatic carbocycles. The summed E-state index contributed by atoms with van der Waals surface area (Å²) >= 11 is 0. The van der Waals surface area contributed by atoms with Crippen LogP contribution in [0.15, 0.2) is 97.2 Å². The van der Waals surface area contributed by atoms with Gasteiger partial charge in [0.05, 0.1) is 5.70 Å². The van der Waals surface area contributed by atoms with Crippen molar-refractivity contribution in [1.29, 1.82) is 0 Å². The molecule has 0 bridgehead atoms. The molecule has 0 fully saturated rings. The van der Waals surface area contributed by atoms with Crippen molar-refractivity contribution >= 4 is 35.2 Å². The van der Waals surface area contributed by atoms with Crippen LogP contribution in [0.1, 0.15) is 25.0 Å². The number of benzene rings is 3. The maximum atomic E-state index is 14.0. The van der Waals surface area contributed by atoms with Crippen LogP contribution < -0.4 is 10.1 Å². The summed E-state index contributed by atoms with van der Waals surface area (Å²) < 4.78 is 5.66. The van der Waals surface area contributed by atoms with Crippen LogP contribution in [-0.2, 0) is 30.4 Å². The van der Waals surface area contributed by atoms with Crippen molar-refractivity contribution in [2.24, 2.45) is 5.92 Å². The summed E-state index contributed by atoms with van der Waals surface area (Å²) in [6.45, 7) is 2.78. The average Bonchev–Trinajstić information content (AvgIpc) is 3.01. The van der Waals surface area contributed by atoms with Crippen LogP contribution in [0.2, 0.25) is 0 Å². The number of carbonyl (C=O) groups excluding carboxylic acids is 4. The molecule has 1 heterocycles. The molecular weight excluding hydrogens is 550 g/mol. The summed E-state index contributed by atoms with van der Waals surface area (Å²) in [4.78, 5) is 67.4. The highest BCUT2D eigenvalue weighted by Gasteiger charge is 2.41. The Morgan fingerprint density at radius 2 is 1.47 bits per heavy atom. The van der Waals surface area contributed by atoms with Gasteiger partial charge in [-0.25, -0.2) is 4.79 Å². The molecule has 0 unspecified atom stereocenters. The van der Waals surface area contributed by atoms with Gasteiger partial charge < -0.3 is 20.1 Å². The molecule has 0 radical (unpaired) electrons. The van der Waals surface area contributed by atoms with Crippen LogP contribution in [-0.4, -0.2) is 69.6 Å². The van der Waals surface area contributed by atoms with E-state index in [1.165, 1.54) is 16.0 Å². The topological polar surface area (TPSA) is 133 Å². The smallest absolute Gasteiger partial charge is 0.374 e. The van der Waals surface area contributed by atoms with Crippen LogP contribution in [0.4, 0.5) is 0 Å². The minimum absolute atomic E-state index is 0.0364. The van der Waals surface area contributed by atoms with Crippen molar-refractivity contribution in [2.45, 2.75) is 32.4 Å². The van der Waals surface area contributed by atoms with Crippen LogP contribution in [0, 0.1) is 5.92 Å². The first kappa shape index (κ1) is 30.7. The van der Waals surface area contributed by atoms with E-state index in [-0.39, 0.29) is 18.9 Å². The number of hydrogen-bond donors (Lipinski definition) is 2. The molecule has 3 aromatic rings. The molecule has 0 saturated heterocycles. The van der Waals surface area contributed by atoms with Gasteiger partial charge in [-0.2, -0.15) is 0 Å². The standard InChI is InChI=1S/C33H33N3O7/c1-22(2)30-32(40)35(20-28(37)34-26(31(39)33(41)42)18-23-12-6-3-7-13-23)27(24-14-8-4-9-15-24)19-36(30)29(38)21-43-25-16-10-5-11-17-25/h3-17,19,22,26,30H,18,20-21H2,1-2H3,(H,34,37)(H,41,42)/t26-,30-/m0/s1. The van der Waals surface area contributed by atoms with Gasteiger partial charge in [-0.05, 0) is 29.2 Å². The Hall–Kier alpha value is -5.25. The zero-order valence-electron chi connectivity index (χ0n) is 23.9. The van der Waals surface area contributed by atoms with Crippen molar-refractivity contribution in [2.75, 3.05) is 13.2 Å². The molecular formula is C33H33N3O7. The molecule has 3 aromatic carbocycles. The van der Waals surface area contributed by atoms with Crippen molar-refractivity contribution < 1.29 is 33.8 Å². The highest BCUT2D eigenvalue weighted by Crippen LogP contribution is 2.30. The highest BCUT2D eigenvalue weighted by molar-refractivity contribution is 6.35. The largest absolute Gasteiger partial charge is 0.484 e. The number of nitrogens with one attached hydrogen (secondary N) is 1. The van der Waals surface area contributed by atoms with E-state index < -0.39 is 48.1 Å². The van der Waals surface area contributed by atoms with Crippen molar-refractivity contribution in [3.8, 4) is 5.75 Å². The lowest BCUT2D eigenvalue weighted by Crippen LogP contribution is -2.57. The van der Waals surface area contributed by atoms with Crippen LogP contribution in [0.3, 0.4) is 0 Å². The number of para-hydroxylation sites is 1. The number of amides is 3. The first-order valence-electron chi connectivity index (χ1n) is 13.8. The monoisotopic (exact) mass is 583 g/mol. The van der Waals surface area contributed by atoms with Gasteiger partial charge >= 0.3 is 5.97 Å². The second-order valence-corrected chi connectivity index (χ2v) is 10.4. The van der Waals surface area contributed by atoms with Crippen LogP contribution in [0.5, 0.6) is 5.75 Å². The molecule has 0 spiro atoms. The number of carbonyl (C=O) groups is 5. The molecule has 10 heteroatoms. The number of aliphatic carboxylic acids is 1. The summed E-state index contributed by atoms with van der Waals surface area (Å²) in [5, 5.41) is 11.9. The lowest BCUT2D eigenvalue weighted by molar-refractivity contribution is -0.150. The Bertz CT molecular complexity index is 1490. The van der Waals surface area contributed by atoms with E-state index in [9.17, 15) is 29.1 Å². The predicted octanol–water partition coefficient (Wildman–Crippen LogP) is 3.14. The van der Waals surface area contributed by atoms with Crippen LogP contribution >= 0.6 is 0 Å². The number of carboxylic acids is 1. The summed E-state index contributed by atoms with van der Waals surface area (Å²) in [6.07, 6.45) is 1.50. The molecule has 0 saturated carbocycles. The fourth-order valence-electron chi connectivity index (χ4n) is 4.84. The number of ketones is 1. The Kier molecular flexibility index (Phi) is 10.1. The van der Waals surface area contributed by atoms with E-state index >= 15 is 0 Å². The molecule has 1 aliphatic heterocycles. The lowest BCUT2D eigenvalue weighted by atomic mass is 9.97. The Morgan fingerprint density at radius 1 is 0.884 bits per heavy atom. The predicted molar refractivity (Wildman–Crippen MR) is 158 cm³/mol. The first-order chi connectivity index (χ1) is 20.7. The van der Waals surface area contributed by atoms with Crippen LogP contribution in [0.25, 0.3) is 5.70 Å². The molecule has 0 aromatic heterocycles. The number of hydrogen-bond acceptors (Lipinski definition) is 6. The molecule has 4 rings (SSSR count). The Morgan fingerprint density at radius 3 is 2.05 bits per heavy atom. The first-order valence-corrected chi connectivity index (χ1v) is 13.8. The number of carboxylic acid groups (broad SMARTS) is 1. The van der Waals surface area contributed by atoms with Crippen molar-refractivity contribution in [1.82, 2.24) is 15.1 Å². The summed E-state index contributed by atoms with van der Waals surface area (Å²) in [5.74, 6) is -4.32. The highest BCUT2D eigenvalue weighted by atomic mass is 16.5. The quantitative estimate of drug-likeness (QED) is 0.313. The fourth-order valence-corrected chi connectivity index (χ4v) is 4.84. The van der Waals surface area contributed by atoms with Gasteiger partial charge in [-0.1, -0.05) is 92.7 Å². The summed E-state index contributed by atoms with van der Waals surface area (Å²) in [6, 6.07) is 24.1. The van der Waals surface area contributed by atoms with Gasteiger partial charge in [-0.3, -0.25) is 24.1 Å². The molecule has 3 amide bonds. The molecule has 43 heavy (non-hydrogen) atoms. The molecule has 222 valence electrons. The van der Waals surface area contributed by atoms with Gasteiger partial charge in [0.15, 0.2) is 6.61 Å². The average molecular weight is 584 g/mol. The van der Waals surface area contributed by atoms with E-state index in [0.29, 0.717) is 22.6 Å². The molecule has 1 aliphatic rings. The van der Waals surface area contributed by atoms with Crippen molar-refractivity contribution in [3.63, 3.8) is 0 Å². The summed E-state index contributed by atoms with van der Waals surface area (Å²) in [7, 11) is 0. The normalized spacial score (nSPS) is 15.5. The molecule has 2 N–H and O–H groups in total. The third-order valence-corrected chi connectivity index (χ3v) is 6.91. The maximum Gasteiger partial charge on any atom is 0.374 e. The minimum atomic E-state index is -1.67. The Labute approximate surface area is 249 Å². The summed E-state index contributed by atoms with van der Waals surface area (Å²) in [5.41, 5.74) is 1.54. The number of Topliss-reactive ketones (excluding diaryl/α,β-unsaturated/α-hetero) is 1. The second-order valence-electron chi connectivity index (χ2n) is 10.4. The van der Waals surface area contributed by atoms with Gasteiger partial charge in [0.1, 0.15) is 24.4 Å². The van der Waals surface area contributed by atoms with E-state index in [2.05, 4.69) is 5.32 Å². The third kappa shape index (κ3) is 7.73. The fraction of sp³-hybridized carbons (Fsp3) is 0.242.